The predicted octanol–water partition coefficient (Wildman–Crippen LogP) is 3.18. The molecular weight excluding hydrogens is 277 g/mol. The van der Waals surface area contributed by atoms with Crippen molar-refractivity contribution in [1.82, 2.24) is 9.55 Å². The second-order valence-corrected chi connectivity index (χ2v) is 5.35. The quantitative estimate of drug-likeness (QED) is 0.805. The Bertz CT molecular complexity index is 778. The minimum Gasteiger partial charge on any atom is -0.338 e. The summed E-state index contributed by atoms with van der Waals surface area (Å²) < 4.78 is 15.0. The highest BCUT2D eigenvalue weighted by Crippen LogP contribution is 2.18. The molecule has 0 radical (unpaired) electrons. The van der Waals surface area contributed by atoms with Crippen LogP contribution in [0.1, 0.15) is 5.69 Å². The Morgan fingerprint density at radius 3 is 3.05 bits per heavy atom. The molecule has 102 valence electrons. The molecule has 2 heterocycles. The van der Waals surface area contributed by atoms with Gasteiger partial charge in [-0.15, -0.1) is 11.3 Å². The molecule has 3 aromatic rings. The number of carbonyl (C=O) groups excluding carboxylic acids is 1. The molecule has 0 saturated heterocycles. The van der Waals surface area contributed by atoms with Gasteiger partial charge in [-0.2, -0.15) is 0 Å². The fourth-order valence-electron chi connectivity index (χ4n) is 2.02. The fourth-order valence-corrected chi connectivity index (χ4v) is 2.72. The van der Waals surface area contributed by atoms with Gasteiger partial charge in [-0.05, 0) is 36.6 Å². The summed E-state index contributed by atoms with van der Waals surface area (Å²) in [5.74, 6) is -0.491. The molecule has 0 bridgehead atoms. The Kier molecular flexibility index (Phi) is 3.23. The number of benzene rings is 1. The normalized spacial score (nSPS) is 10.9. The van der Waals surface area contributed by atoms with E-state index in [1.807, 2.05) is 18.4 Å². The molecule has 0 aliphatic carbocycles. The highest BCUT2D eigenvalue weighted by molar-refractivity contribution is 7.13. The average molecular weight is 289 g/mol. The predicted molar refractivity (Wildman–Crippen MR) is 77.4 cm³/mol. The van der Waals surface area contributed by atoms with Gasteiger partial charge in [-0.1, -0.05) is 0 Å². The molecule has 0 saturated carbocycles. The maximum absolute atomic E-state index is 13.3. The first-order chi connectivity index (χ1) is 9.61. The molecule has 2 aromatic heterocycles. The zero-order valence-electron chi connectivity index (χ0n) is 10.8. The van der Waals surface area contributed by atoms with Gasteiger partial charge in [0.2, 0.25) is 5.91 Å². The van der Waals surface area contributed by atoms with Gasteiger partial charge in [0.15, 0.2) is 5.13 Å². The third kappa shape index (κ3) is 2.55. The molecule has 6 heteroatoms. The Balaban J connectivity index is 1.79. The number of amides is 1. The largest absolute Gasteiger partial charge is 0.338 e. The van der Waals surface area contributed by atoms with Crippen molar-refractivity contribution in [2.45, 2.75) is 13.5 Å². The van der Waals surface area contributed by atoms with Crippen LogP contribution in [0.5, 0.6) is 0 Å². The highest BCUT2D eigenvalue weighted by atomic mass is 32.1. The molecule has 0 aliphatic rings. The average Bonchev–Trinajstić information content (AvgIpc) is 2.97. The standard InChI is InChI=1S/C14H12FN3OS/c1-9-8-20-14(16-9)17-13(19)7-18-5-4-10-2-3-11(15)6-12(10)18/h2-6,8H,7H2,1H3,(H,16,17,19). The molecule has 4 nitrogen and oxygen atoms in total. The lowest BCUT2D eigenvalue weighted by Gasteiger charge is -2.05. The third-order valence-corrected chi connectivity index (χ3v) is 3.79. The van der Waals surface area contributed by atoms with E-state index < -0.39 is 0 Å². The highest BCUT2D eigenvalue weighted by Gasteiger charge is 2.09. The van der Waals surface area contributed by atoms with Crippen molar-refractivity contribution in [2.24, 2.45) is 0 Å². The number of nitrogens with zero attached hydrogens (tertiary/aromatic N) is 2. The lowest BCUT2D eigenvalue weighted by atomic mass is 10.2. The zero-order chi connectivity index (χ0) is 14.1. The molecule has 0 aliphatic heterocycles. The van der Waals surface area contributed by atoms with Crippen LogP contribution >= 0.6 is 11.3 Å². The summed E-state index contributed by atoms with van der Waals surface area (Å²) in [5.41, 5.74) is 1.58. The minimum atomic E-state index is -0.312. The Hall–Kier alpha value is -2.21. The smallest absolute Gasteiger partial charge is 0.246 e. The first kappa shape index (κ1) is 12.8. The van der Waals surface area contributed by atoms with Crippen molar-refractivity contribution >= 4 is 33.3 Å². The number of rotatable bonds is 3. The van der Waals surface area contributed by atoms with Crippen molar-refractivity contribution in [3.8, 4) is 0 Å². The molecule has 1 amide bonds. The molecule has 0 unspecified atom stereocenters. The fraction of sp³-hybridized carbons (Fsp3) is 0.143. The van der Waals surface area contributed by atoms with Gasteiger partial charge in [0.05, 0.1) is 11.2 Å². The third-order valence-electron chi connectivity index (χ3n) is 2.92. The Morgan fingerprint density at radius 1 is 1.45 bits per heavy atom. The summed E-state index contributed by atoms with van der Waals surface area (Å²) in [6.07, 6.45) is 1.77. The van der Waals surface area contributed by atoms with Crippen LogP contribution in [0.4, 0.5) is 9.52 Å². The lowest BCUT2D eigenvalue weighted by molar-refractivity contribution is -0.116. The number of thiazole rings is 1. The number of anilines is 1. The van der Waals surface area contributed by atoms with E-state index in [0.717, 1.165) is 11.1 Å². The van der Waals surface area contributed by atoms with E-state index in [4.69, 9.17) is 0 Å². The van der Waals surface area contributed by atoms with Gasteiger partial charge >= 0.3 is 0 Å². The molecule has 0 atom stereocenters. The number of nitrogens with one attached hydrogen (secondary N) is 1. The maximum atomic E-state index is 13.3. The van der Waals surface area contributed by atoms with Crippen LogP contribution in [0.2, 0.25) is 0 Å². The van der Waals surface area contributed by atoms with Gasteiger partial charge in [0, 0.05) is 11.6 Å². The van der Waals surface area contributed by atoms with Crippen molar-refractivity contribution in [3.05, 3.63) is 47.4 Å². The van der Waals surface area contributed by atoms with Crippen LogP contribution < -0.4 is 5.32 Å². The van der Waals surface area contributed by atoms with Crippen LogP contribution in [0.3, 0.4) is 0 Å². The second-order valence-electron chi connectivity index (χ2n) is 4.49. The molecule has 0 fully saturated rings. The van der Waals surface area contributed by atoms with Crippen molar-refractivity contribution < 1.29 is 9.18 Å². The number of fused-ring (bicyclic) bond motifs is 1. The van der Waals surface area contributed by atoms with Crippen LogP contribution in [-0.4, -0.2) is 15.5 Å². The van der Waals surface area contributed by atoms with E-state index in [9.17, 15) is 9.18 Å². The van der Waals surface area contributed by atoms with Crippen LogP contribution in [0.25, 0.3) is 10.9 Å². The maximum Gasteiger partial charge on any atom is 0.246 e. The first-order valence-corrected chi connectivity index (χ1v) is 6.96. The van der Waals surface area contributed by atoms with E-state index in [2.05, 4.69) is 10.3 Å². The number of hydrogen-bond donors (Lipinski definition) is 1. The van der Waals surface area contributed by atoms with Gasteiger partial charge in [-0.25, -0.2) is 9.37 Å². The van der Waals surface area contributed by atoms with E-state index in [1.54, 1.807) is 16.8 Å². The topological polar surface area (TPSA) is 46.9 Å². The Labute approximate surface area is 118 Å². The summed E-state index contributed by atoms with van der Waals surface area (Å²) in [7, 11) is 0. The van der Waals surface area contributed by atoms with Gasteiger partial charge in [-0.3, -0.25) is 4.79 Å². The first-order valence-electron chi connectivity index (χ1n) is 6.08. The number of aryl methyl sites for hydroxylation is 1. The van der Waals surface area contributed by atoms with Crippen molar-refractivity contribution in [1.29, 1.82) is 0 Å². The summed E-state index contributed by atoms with van der Waals surface area (Å²) >= 11 is 1.38. The van der Waals surface area contributed by atoms with E-state index in [1.165, 1.54) is 23.5 Å². The lowest BCUT2D eigenvalue weighted by Crippen LogP contribution is -2.18. The summed E-state index contributed by atoms with van der Waals surface area (Å²) in [6.45, 7) is 2.00. The van der Waals surface area contributed by atoms with Crippen LogP contribution in [0.15, 0.2) is 35.8 Å². The van der Waals surface area contributed by atoms with Gasteiger partial charge in [0.1, 0.15) is 12.4 Å². The number of aromatic nitrogens is 2. The monoisotopic (exact) mass is 289 g/mol. The zero-order valence-corrected chi connectivity index (χ0v) is 11.6. The number of hydrogen-bond acceptors (Lipinski definition) is 3. The molecule has 0 spiro atoms. The molecule has 20 heavy (non-hydrogen) atoms. The molecule has 1 N–H and O–H groups in total. The van der Waals surface area contributed by atoms with E-state index in [0.29, 0.717) is 10.6 Å². The number of carbonyl (C=O) groups is 1. The van der Waals surface area contributed by atoms with E-state index in [-0.39, 0.29) is 18.3 Å². The van der Waals surface area contributed by atoms with Crippen LogP contribution in [-0.2, 0) is 11.3 Å². The van der Waals surface area contributed by atoms with E-state index >= 15 is 0 Å². The molecule has 3 rings (SSSR count). The van der Waals surface area contributed by atoms with Gasteiger partial charge < -0.3 is 9.88 Å². The second kappa shape index (κ2) is 5.05. The van der Waals surface area contributed by atoms with Crippen molar-refractivity contribution in [3.63, 3.8) is 0 Å². The molecular formula is C14H12FN3OS. The number of halogens is 1. The van der Waals surface area contributed by atoms with Crippen molar-refractivity contribution in [2.75, 3.05) is 5.32 Å². The van der Waals surface area contributed by atoms with Gasteiger partial charge in [0.25, 0.3) is 0 Å². The van der Waals surface area contributed by atoms with Crippen LogP contribution in [0, 0.1) is 12.7 Å². The minimum absolute atomic E-state index is 0.131. The summed E-state index contributed by atoms with van der Waals surface area (Å²) in [4.78, 5) is 16.1. The SMILES string of the molecule is Cc1csc(NC(=O)Cn2ccc3ccc(F)cc32)n1. The summed E-state index contributed by atoms with van der Waals surface area (Å²) in [5, 5.41) is 6.09. The Morgan fingerprint density at radius 2 is 2.30 bits per heavy atom. The summed E-state index contributed by atoms with van der Waals surface area (Å²) in [6, 6.07) is 6.39. The molecule has 1 aromatic carbocycles.